The van der Waals surface area contributed by atoms with E-state index in [2.05, 4.69) is 9.97 Å². The van der Waals surface area contributed by atoms with Gasteiger partial charge in [0.05, 0.1) is 0 Å². The number of nitrogens with zero attached hydrogens (tertiary/aromatic N) is 1. The van der Waals surface area contributed by atoms with Crippen LogP contribution in [0.4, 0.5) is 0 Å². The molecule has 0 bridgehead atoms. The Morgan fingerprint density at radius 3 is 2.85 bits per heavy atom. The van der Waals surface area contributed by atoms with E-state index in [4.69, 9.17) is 0 Å². The number of hydrogen-bond donors (Lipinski definition) is 1. The van der Waals surface area contributed by atoms with Crippen LogP contribution in [0.1, 0.15) is 37.4 Å². The second-order valence-corrected chi connectivity index (χ2v) is 3.05. The van der Waals surface area contributed by atoms with Gasteiger partial charge in [0, 0.05) is 11.8 Å². The molecule has 0 aromatic carbocycles. The molecule has 0 aliphatic carbocycles. The molecule has 0 saturated carbocycles. The normalized spacial score (nSPS) is 12.8. The zero-order chi connectivity index (χ0) is 9.84. The molecule has 4 heteroatoms. The van der Waals surface area contributed by atoms with Crippen molar-refractivity contribution in [2.45, 2.75) is 32.8 Å². The fraction of sp³-hybridized carbons (Fsp3) is 0.556. The maximum Gasteiger partial charge on any atom is 0.251 e. The van der Waals surface area contributed by atoms with Gasteiger partial charge in [0.25, 0.3) is 5.56 Å². The van der Waals surface area contributed by atoms with Crippen LogP contribution in [0.15, 0.2) is 10.9 Å². The van der Waals surface area contributed by atoms with Crippen molar-refractivity contribution in [1.82, 2.24) is 9.97 Å². The fourth-order valence-corrected chi connectivity index (χ4v) is 1.15. The average Bonchev–Trinajstić information content (AvgIpc) is 2.03. The van der Waals surface area contributed by atoms with Crippen molar-refractivity contribution in [3.05, 3.63) is 27.9 Å². The van der Waals surface area contributed by atoms with E-state index in [-0.39, 0.29) is 11.4 Å². The van der Waals surface area contributed by atoms with Crippen LogP contribution >= 0.6 is 0 Å². The number of aromatic amines is 1. The standard InChI is InChI=1S/C9H13N2O2/c1-3-4-7(12)9-10-6(2)5-8(13)11-9/h5,7H,3-4H2,1-2H3,(H,10,11,13). The highest BCUT2D eigenvalue weighted by molar-refractivity contribution is 5.01. The molecule has 0 saturated heterocycles. The predicted octanol–water partition coefficient (Wildman–Crippen LogP) is 1.35. The van der Waals surface area contributed by atoms with Crippen LogP contribution in [-0.4, -0.2) is 9.97 Å². The fourth-order valence-electron chi connectivity index (χ4n) is 1.15. The number of H-pyrrole nitrogens is 1. The molecular weight excluding hydrogens is 168 g/mol. The van der Waals surface area contributed by atoms with Gasteiger partial charge in [-0.1, -0.05) is 13.3 Å². The number of rotatable bonds is 3. The van der Waals surface area contributed by atoms with E-state index in [0.717, 1.165) is 6.42 Å². The second-order valence-electron chi connectivity index (χ2n) is 3.05. The number of aryl methyl sites for hydroxylation is 1. The van der Waals surface area contributed by atoms with Crippen LogP contribution in [0.25, 0.3) is 0 Å². The summed E-state index contributed by atoms with van der Waals surface area (Å²) in [5, 5.41) is 11.4. The van der Waals surface area contributed by atoms with Gasteiger partial charge in [-0.25, -0.2) is 10.1 Å². The molecule has 1 radical (unpaired) electrons. The first kappa shape index (κ1) is 9.92. The third-order valence-electron chi connectivity index (χ3n) is 1.74. The lowest BCUT2D eigenvalue weighted by molar-refractivity contribution is 0.0724. The molecular formula is C9H13N2O2. The van der Waals surface area contributed by atoms with E-state index >= 15 is 0 Å². The quantitative estimate of drug-likeness (QED) is 0.764. The van der Waals surface area contributed by atoms with Crippen molar-refractivity contribution >= 4 is 0 Å². The van der Waals surface area contributed by atoms with Crippen molar-refractivity contribution in [3.8, 4) is 0 Å². The van der Waals surface area contributed by atoms with Crippen molar-refractivity contribution in [2.24, 2.45) is 0 Å². The van der Waals surface area contributed by atoms with E-state index < -0.39 is 6.10 Å². The molecule has 1 atom stereocenters. The molecule has 1 aromatic rings. The summed E-state index contributed by atoms with van der Waals surface area (Å²) in [6.07, 6.45) is 0.399. The second kappa shape index (κ2) is 4.18. The summed E-state index contributed by atoms with van der Waals surface area (Å²) >= 11 is 0. The summed E-state index contributed by atoms with van der Waals surface area (Å²) in [5.41, 5.74) is 0.343. The lowest BCUT2D eigenvalue weighted by atomic mass is 10.2. The summed E-state index contributed by atoms with van der Waals surface area (Å²) in [7, 11) is 0. The molecule has 1 rings (SSSR count). The molecule has 0 aliphatic heterocycles. The molecule has 1 heterocycles. The SMILES string of the molecule is CCCC([O])c1nc(C)cc(=O)[nH]1. The van der Waals surface area contributed by atoms with Gasteiger partial charge in [-0.15, -0.1) is 0 Å². The van der Waals surface area contributed by atoms with E-state index in [1.165, 1.54) is 6.07 Å². The maximum atomic E-state index is 11.4. The lowest BCUT2D eigenvalue weighted by Gasteiger charge is -2.05. The van der Waals surface area contributed by atoms with Crippen LogP contribution in [0, 0.1) is 6.92 Å². The van der Waals surface area contributed by atoms with Crippen LogP contribution < -0.4 is 5.56 Å². The molecule has 4 nitrogen and oxygen atoms in total. The average molecular weight is 181 g/mol. The molecule has 1 N–H and O–H groups in total. The Labute approximate surface area is 76.7 Å². The highest BCUT2D eigenvalue weighted by Gasteiger charge is 2.10. The predicted molar refractivity (Wildman–Crippen MR) is 47.9 cm³/mol. The van der Waals surface area contributed by atoms with Crippen LogP contribution in [0.3, 0.4) is 0 Å². The third-order valence-corrected chi connectivity index (χ3v) is 1.74. The lowest BCUT2D eigenvalue weighted by Crippen LogP contribution is -2.13. The smallest absolute Gasteiger partial charge is 0.251 e. The van der Waals surface area contributed by atoms with Gasteiger partial charge in [-0.2, -0.15) is 0 Å². The summed E-state index contributed by atoms with van der Waals surface area (Å²) in [4.78, 5) is 17.4. The molecule has 0 aliphatic rings. The molecule has 1 unspecified atom stereocenters. The largest absolute Gasteiger partial charge is 0.308 e. The van der Waals surface area contributed by atoms with Gasteiger partial charge >= 0.3 is 0 Å². The van der Waals surface area contributed by atoms with Gasteiger partial charge in [0.15, 0.2) is 6.10 Å². The monoisotopic (exact) mass is 181 g/mol. The molecule has 13 heavy (non-hydrogen) atoms. The van der Waals surface area contributed by atoms with Gasteiger partial charge in [-0.05, 0) is 13.3 Å². The number of hydrogen-bond acceptors (Lipinski definition) is 2. The highest BCUT2D eigenvalue weighted by atomic mass is 16.3. The topological polar surface area (TPSA) is 65.7 Å². The first-order valence-corrected chi connectivity index (χ1v) is 4.37. The number of aromatic nitrogens is 2. The highest BCUT2D eigenvalue weighted by Crippen LogP contribution is 2.13. The van der Waals surface area contributed by atoms with Gasteiger partial charge in [0.2, 0.25) is 0 Å². The van der Waals surface area contributed by atoms with Crippen molar-refractivity contribution < 1.29 is 5.11 Å². The Morgan fingerprint density at radius 2 is 2.31 bits per heavy atom. The summed E-state index contributed by atoms with van der Waals surface area (Å²) in [5.74, 6) is 0.256. The molecule has 0 amide bonds. The van der Waals surface area contributed by atoms with Gasteiger partial charge in [-0.3, -0.25) is 4.79 Å². The van der Waals surface area contributed by atoms with Crippen molar-refractivity contribution in [2.75, 3.05) is 0 Å². The maximum absolute atomic E-state index is 11.4. The van der Waals surface area contributed by atoms with E-state index in [1.807, 2.05) is 6.92 Å². The van der Waals surface area contributed by atoms with E-state index in [9.17, 15) is 9.90 Å². The molecule has 1 aromatic heterocycles. The van der Waals surface area contributed by atoms with Crippen LogP contribution in [0.5, 0.6) is 0 Å². The minimum Gasteiger partial charge on any atom is -0.308 e. The van der Waals surface area contributed by atoms with E-state index in [0.29, 0.717) is 12.1 Å². The first-order chi connectivity index (χ1) is 6.13. The first-order valence-electron chi connectivity index (χ1n) is 4.37. The Bertz CT molecular complexity index is 333. The summed E-state index contributed by atoms with van der Waals surface area (Å²) in [6.45, 7) is 3.64. The zero-order valence-corrected chi connectivity index (χ0v) is 7.83. The number of nitrogens with one attached hydrogen (secondary N) is 1. The summed E-state index contributed by atoms with van der Waals surface area (Å²) < 4.78 is 0. The molecule has 0 fully saturated rings. The van der Waals surface area contributed by atoms with E-state index in [1.54, 1.807) is 6.92 Å². The summed E-state index contributed by atoms with van der Waals surface area (Å²) in [6, 6.07) is 1.38. The van der Waals surface area contributed by atoms with Crippen molar-refractivity contribution in [3.63, 3.8) is 0 Å². The Kier molecular flexibility index (Phi) is 3.19. The molecule has 0 spiro atoms. The Balaban J connectivity index is 2.94. The molecule has 71 valence electrons. The zero-order valence-electron chi connectivity index (χ0n) is 7.83. The Morgan fingerprint density at radius 1 is 1.62 bits per heavy atom. The van der Waals surface area contributed by atoms with Crippen molar-refractivity contribution in [1.29, 1.82) is 0 Å². The van der Waals surface area contributed by atoms with Crippen LogP contribution in [-0.2, 0) is 5.11 Å². The van der Waals surface area contributed by atoms with Gasteiger partial charge < -0.3 is 4.98 Å². The van der Waals surface area contributed by atoms with Crippen LogP contribution in [0.2, 0.25) is 0 Å². The third kappa shape index (κ3) is 2.66. The minimum absolute atomic E-state index is 0.251. The Hall–Kier alpha value is -1.16. The minimum atomic E-state index is -0.905. The van der Waals surface area contributed by atoms with Gasteiger partial charge in [0.1, 0.15) is 5.82 Å².